The summed E-state index contributed by atoms with van der Waals surface area (Å²) < 4.78 is 0. The van der Waals surface area contributed by atoms with Gasteiger partial charge in [0.25, 0.3) is 0 Å². The van der Waals surface area contributed by atoms with Gasteiger partial charge in [0, 0.05) is 25.4 Å². The van der Waals surface area contributed by atoms with Gasteiger partial charge in [-0.2, -0.15) is 0 Å². The number of hydrogen-bond acceptors (Lipinski definition) is 4. The summed E-state index contributed by atoms with van der Waals surface area (Å²) in [6.07, 6.45) is 8.03. The Bertz CT molecular complexity index is 505. The van der Waals surface area contributed by atoms with Crippen LogP contribution in [0.5, 0.6) is 0 Å². The van der Waals surface area contributed by atoms with Crippen LogP contribution in [0.4, 0.5) is 0 Å². The lowest BCUT2D eigenvalue weighted by Gasteiger charge is -2.19. The van der Waals surface area contributed by atoms with Crippen molar-refractivity contribution in [2.75, 3.05) is 6.67 Å². The van der Waals surface area contributed by atoms with E-state index in [1.807, 2.05) is 24.3 Å². The highest BCUT2D eigenvalue weighted by Gasteiger charge is 2.26. The number of Topliss-reactive ketones (excluding diaryl/α,β-unsaturated/α-hetero) is 1. The van der Waals surface area contributed by atoms with E-state index in [9.17, 15) is 4.79 Å². The number of carbonyl (C=O) groups is 1. The third kappa shape index (κ3) is 1.82. The van der Waals surface area contributed by atoms with Crippen LogP contribution in [0.1, 0.15) is 12.0 Å². The average Bonchev–Trinajstić information content (AvgIpc) is 2.76. The quantitative estimate of drug-likeness (QED) is 0.824. The number of allylic oxidation sites excluding steroid dienone is 3. The number of nitrogens with one attached hydrogen (secondary N) is 1. The zero-order valence-corrected chi connectivity index (χ0v) is 9.39. The largest absolute Gasteiger partial charge is 0.363 e. The molecule has 0 amide bonds. The molecule has 1 aromatic rings. The lowest BCUT2D eigenvalue weighted by atomic mass is 10.1. The van der Waals surface area contributed by atoms with Crippen LogP contribution in [-0.4, -0.2) is 22.3 Å². The van der Waals surface area contributed by atoms with E-state index in [4.69, 9.17) is 0 Å². The van der Waals surface area contributed by atoms with Crippen LogP contribution >= 0.6 is 0 Å². The standard InChI is InChI=1S/C13H13N3O/c17-12-3-1-2-11-13(12)15-9-16(11)8-10-4-6-14-7-5-10/h1-2,4-7,15H,3,8-9H2. The van der Waals surface area contributed by atoms with E-state index < -0.39 is 0 Å². The summed E-state index contributed by atoms with van der Waals surface area (Å²) in [5, 5.41) is 3.17. The van der Waals surface area contributed by atoms with E-state index in [-0.39, 0.29) is 5.78 Å². The van der Waals surface area contributed by atoms with Crippen LogP contribution in [0.2, 0.25) is 0 Å². The highest BCUT2D eigenvalue weighted by molar-refractivity contribution is 5.98. The van der Waals surface area contributed by atoms with Crippen molar-refractivity contribution in [1.82, 2.24) is 15.2 Å². The lowest BCUT2D eigenvalue weighted by Crippen LogP contribution is -2.23. The van der Waals surface area contributed by atoms with E-state index in [2.05, 4.69) is 15.2 Å². The summed E-state index contributed by atoms with van der Waals surface area (Å²) in [5.74, 6) is 0.180. The minimum Gasteiger partial charge on any atom is -0.363 e. The molecule has 2 aliphatic rings. The topological polar surface area (TPSA) is 45.2 Å². The fourth-order valence-electron chi connectivity index (χ4n) is 2.17. The van der Waals surface area contributed by atoms with Gasteiger partial charge in [-0.3, -0.25) is 9.78 Å². The molecule has 0 spiro atoms. The minimum atomic E-state index is 0.180. The monoisotopic (exact) mass is 227 g/mol. The van der Waals surface area contributed by atoms with Gasteiger partial charge in [0.2, 0.25) is 0 Å². The van der Waals surface area contributed by atoms with Gasteiger partial charge in [-0.15, -0.1) is 0 Å². The van der Waals surface area contributed by atoms with E-state index in [0.29, 0.717) is 13.1 Å². The number of aromatic nitrogens is 1. The summed E-state index contributed by atoms with van der Waals surface area (Å²) in [6, 6.07) is 3.99. The maximum absolute atomic E-state index is 11.7. The SMILES string of the molecule is O=C1CC=CC2=C1NCN2Cc1ccncc1. The molecule has 1 aromatic heterocycles. The molecule has 0 saturated carbocycles. The molecule has 0 saturated heterocycles. The van der Waals surface area contributed by atoms with Crippen molar-refractivity contribution in [2.45, 2.75) is 13.0 Å². The zero-order chi connectivity index (χ0) is 11.7. The van der Waals surface area contributed by atoms with Crippen molar-refractivity contribution in [2.24, 2.45) is 0 Å². The normalized spacial score (nSPS) is 18.4. The minimum absolute atomic E-state index is 0.180. The molecule has 0 aromatic carbocycles. The first-order valence-electron chi connectivity index (χ1n) is 5.66. The molecule has 2 heterocycles. The second-order valence-electron chi connectivity index (χ2n) is 4.18. The number of nitrogens with zero attached hydrogens (tertiary/aromatic N) is 2. The molecule has 17 heavy (non-hydrogen) atoms. The van der Waals surface area contributed by atoms with Crippen molar-refractivity contribution in [1.29, 1.82) is 0 Å². The van der Waals surface area contributed by atoms with Crippen LogP contribution in [0.25, 0.3) is 0 Å². The van der Waals surface area contributed by atoms with E-state index in [0.717, 1.165) is 17.9 Å². The van der Waals surface area contributed by atoms with Gasteiger partial charge in [-0.05, 0) is 23.8 Å². The number of carbonyl (C=O) groups excluding carboxylic acids is 1. The summed E-state index contributed by atoms with van der Waals surface area (Å²) >= 11 is 0. The molecule has 3 rings (SSSR count). The molecule has 0 radical (unpaired) electrons. The smallest absolute Gasteiger partial charge is 0.184 e. The van der Waals surface area contributed by atoms with Gasteiger partial charge < -0.3 is 10.2 Å². The van der Waals surface area contributed by atoms with Gasteiger partial charge in [-0.1, -0.05) is 6.08 Å². The molecule has 1 N–H and O–H groups in total. The van der Waals surface area contributed by atoms with Gasteiger partial charge in [-0.25, -0.2) is 0 Å². The predicted octanol–water partition coefficient (Wildman–Crippen LogP) is 1.18. The lowest BCUT2D eigenvalue weighted by molar-refractivity contribution is -0.115. The van der Waals surface area contributed by atoms with E-state index in [1.165, 1.54) is 5.56 Å². The highest BCUT2D eigenvalue weighted by atomic mass is 16.1. The third-order valence-electron chi connectivity index (χ3n) is 3.02. The fraction of sp³-hybridized carbons (Fsp3) is 0.231. The molecule has 86 valence electrons. The summed E-state index contributed by atoms with van der Waals surface area (Å²) in [7, 11) is 0. The molecule has 0 fully saturated rings. The first-order chi connectivity index (χ1) is 8.34. The van der Waals surface area contributed by atoms with Crippen molar-refractivity contribution < 1.29 is 4.79 Å². The number of rotatable bonds is 2. The Kier molecular flexibility index (Phi) is 2.40. The van der Waals surface area contributed by atoms with E-state index in [1.54, 1.807) is 12.4 Å². The van der Waals surface area contributed by atoms with Gasteiger partial charge in [0.15, 0.2) is 5.78 Å². The van der Waals surface area contributed by atoms with Crippen LogP contribution < -0.4 is 5.32 Å². The molecule has 4 nitrogen and oxygen atoms in total. The molecule has 0 atom stereocenters. The molecule has 0 bridgehead atoms. The Labute approximate surface area is 99.7 Å². The second-order valence-corrected chi connectivity index (χ2v) is 4.18. The Morgan fingerprint density at radius 2 is 2.18 bits per heavy atom. The molecule has 1 aliphatic heterocycles. The second kappa shape index (κ2) is 4.05. The molecular weight excluding hydrogens is 214 g/mol. The Morgan fingerprint density at radius 1 is 1.35 bits per heavy atom. The number of hydrogen-bond donors (Lipinski definition) is 1. The molecular formula is C13H13N3O. The predicted molar refractivity (Wildman–Crippen MR) is 63.6 cm³/mol. The zero-order valence-electron chi connectivity index (χ0n) is 9.39. The summed E-state index contributed by atoms with van der Waals surface area (Å²) in [6.45, 7) is 1.50. The van der Waals surface area contributed by atoms with Crippen LogP contribution in [0, 0.1) is 0 Å². The summed E-state index contributed by atoms with van der Waals surface area (Å²) in [4.78, 5) is 17.8. The third-order valence-corrected chi connectivity index (χ3v) is 3.02. The molecule has 4 heteroatoms. The maximum atomic E-state index is 11.7. The maximum Gasteiger partial charge on any atom is 0.184 e. The van der Waals surface area contributed by atoms with Crippen molar-refractivity contribution >= 4 is 5.78 Å². The Morgan fingerprint density at radius 3 is 3.00 bits per heavy atom. The van der Waals surface area contributed by atoms with Gasteiger partial charge in [0.05, 0.1) is 12.4 Å². The van der Waals surface area contributed by atoms with Crippen LogP contribution in [0.3, 0.4) is 0 Å². The fourth-order valence-corrected chi connectivity index (χ4v) is 2.17. The van der Waals surface area contributed by atoms with Crippen LogP contribution in [0.15, 0.2) is 48.1 Å². The first kappa shape index (κ1) is 10.1. The Hall–Kier alpha value is -2.10. The van der Waals surface area contributed by atoms with Crippen LogP contribution in [-0.2, 0) is 11.3 Å². The number of pyridine rings is 1. The van der Waals surface area contributed by atoms with Crippen molar-refractivity contribution in [3.8, 4) is 0 Å². The summed E-state index contributed by atoms with van der Waals surface area (Å²) in [5.41, 5.74) is 2.97. The molecule has 0 unspecified atom stereocenters. The van der Waals surface area contributed by atoms with E-state index >= 15 is 0 Å². The molecule has 1 aliphatic carbocycles. The number of ketones is 1. The Balaban J connectivity index is 1.83. The average molecular weight is 227 g/mol. The van der Waals surface area contributed by atoms with Gasteiger partial charge >= 0.3 is 0 Å². The van der Waals surface area contributed by atoms with Crippen molar-refractivity contribution in [3.05, 3.63) is 53.6 Å². The first-order valence-corrected chi connectivity index (χ1v) is 5.66. The van der Waals surface area contributed by atoms with Gasteiger partial charge in [0.1, 0.15) is 5.70 Å². The highest BCUT2D eigenvalue weighted by Crippen LogP contribution is 2.23. The van der Waals surface area contributed by atoms with Crippen molar-refractivity contribution in [3.63, 3.8) is 0 Å².